The van der Waals surface area contributed by atoms with Crippen molar-refractivity contribution < 1.29 is 9.59 Å². The highest BCUT2D eigenvalue weighted by atomic mass is 32.2. The summed E-state index contributed by atoms with van der Waals surface area (Å²) in [5.41, 5.74) is 3.11. The Morgan fingerprint density at radius 3 is 2.81 bits per heavy atom. The van der Waals surface area contributed by atoms with Gasteiger partial charge in [-0.2, -0.15) is 5.10 Å². The average Bonchev–Trinajstić information content (AvgIpc) is 3.24. The quantitative estimate of drug-likeness (QED) is 0.578. The van der Waals surface area contributed by atoms with Crippen LogP contribution in [0.5, 0.6) is 0 Å². The average molecular weight is 372 g/mol. The van der Waals surface area contributed by atoms with Crippen LogP contribution in [0.3, 0.4) is 0 Å². The van der Waals surface area contributed by atoms with Crippen molar-refractivity contribution in [3.8, 4) is 0 Å². The number of carbonyl (C=O) groups is 2. The lowest BCUT2D eigenvalue weighted by Gasteiger charge is -2.17. The van der Waals surface area contributed by atoms with Crippen molar-refractivity contribution in [2.24, 2.45) is 5.92 Å². The summed E-state index contributed by atoms with van der Waals surface area (Å²) in [6, 6.07) is 7.88. The van der Waals surface area contributed by atoms with E-state index in [1.54, 1.807) is 16.7 Å². The van der Waals surface area contributed by atoms with E-state index in [0.29, 0.717) is 13.1 Å². The van der Waals surface area contributed by atoms with Crippen molar-refractivity contribution in [3.05, 3.63) is 41.7 Å². The van der Waals surface area contributed by atoms with Gasteiger partial charge in [0.05, 0.1) is 12.1 Å². The number of rotatable bonds is 7. The van der Waals surface area contributed by atoms with Crippen molar-refractivity contribution in [2.45, 2.75) is 31.1 Å². The van der Waals surface area contributed by atoms with E-state index >= 15 is 0 Å². The summed E-state index contributed by atoms with van der Waals surface area (Å²) < 4.78 is 0. The Morgan fingerprint density at radius 1 is 1.38 bits per heavy atom. The van der Waals surface area contributed by atoms with Crippen LogP contribution in [-0.4, -0.2) is 41.4 Å². The molecule has 0 radical (unpaired) electrons. The zero-order chi connectivity index (χ0) is 18.5. The minimum atomic E-state index is -0.279. The molecule has 2 heterocycles. The molecule has 0 saturated carbocycles. The number of hydrogen-bond donors (Lipinski definition) is 2. The van der Waals surface area contributed by atoms with Crippen LogP contribution in [0.1, 0.15) is 24.1 Å². The van der Waals surface area contributed by atoms with Gasteiger partial charge < -0.3 is 10.2 Å². The van der Waals surface area contributed by atoms with Gasteiger partial charge in [0.25, 0.3) is 0 Å². The van der Waals surface area contributed by atoms with Gasteiger partial charge >= 0.3 is 0 Å². The lowest BCUT2D eigenvalue weighted by molar-refractivity contribution is -0.126. The lowest BCUT2D eigenvalue weighted by atomic mass is 10.1. The first-order valence-electron chi connectivity index (χ1n) is 8.79. The Bertz CT molecular complexity index is 772. The van der Waals surface area contributed by atoms with E-state index in [9.17, 15) is 9.59 Å². The largest absolute Gasteiger partial charge is 0.356 e. The number of anilines is 1. The van der Waals surface area contributed by atoms with Crippen LogP contribution in [0.15, 0.2) is 35.4 Å². The summed E-state index contributed by atoms with van der Waals surface area (Å²) in [5, 5.41) is 9.88. The van der Waals surface area contributed by atoms with Crippen molar-refractivity contribution in [1.29, 1.82) is 0 Å². The molecule has 1 aromatic carbocycles. The monoisotopic (exact) mass is 372 g/mol. The Balaban J connectivity index is 1.48. The molecule has 1 saturated heterocycles. The molecule has 1 aromatic heterocycles. The number of aromatic amines is 1. The van der Waals surface area contributed by atoms with Crippen LogP contribution in [0.25, 0.3) is 0 Å². The van der Waals surface area contributed by atoms with E-state index in [4.69, 9.17) is 0 Å². The van der Waals surface area contributed by atoms with E-state index < -0.39 is 0 Å². The van der Waals surface area contributed by atoms with Crippen LogP contribution >= 0.6 is 11.8 Å². The van der Waals surface area contributed by atoms with E-state index in [-0.39, 0.29) is 24.2 Å². The second-order valence-corrected chi connectivity index (χ2v) is 7.40. The molecule has 2 N–H and O–H groups in total. The molecule has 0 bridgehead atoms. The highest BCUT2D eigenvalue weighted by molar-refractivity contribution is 7.98. The van der Waals surface area contributed by atoms with Gasteiger partial charge in [-0.05, 0) is 55.9 Å². The van der Waals surface area contributed by atoms with Gasteiger partial charge in [-0.15, -0.1) is 11.8 Å². The van der Waals surface area contributed by atoms with Gasteiger partial charge in [-0.25, -0.2) is 0 Å². The fourth-order valence-corrected chi connectivity index (χ4v) is 3.57. The number of hydrogen-bond acceptors (Lipinski definition) is 4. The maximum atomic E-state index is 12.4. The third-order valence-corrected chi connectivity index (χ3v) is 5.48. The van der Waals surface area contributed by atoms with E-state index in [2.05, 4.69) is 15.5 Å². The van der Waals surface area contributed by atoms with Crippen molar-refractivity contribution in [2.75, 3.05) is 24.2 Å². The molecule has 2 amide bonds. The normalized spacial score (nSPS) is 16.9. The number of aryl methyl sites for hydroxylation is 2. The van der Waals surface area contributed by atoms with Crippen molar-refractivity contribution in [3.63, 3.8) is 0 Å². The Labute approximate surface area is 157 Å². The van der Waals surface area contributed by atoms with Crippen LogP contribution in [0.4, 0.5) is 5.69 Å². The van der Waals surface area contributed by atoms with Gasteiger partial charge in [0.2, 0.25) is 11.8 Å². The van der Waals surface area contributed by atoms with Gasteiger partial charge in [-0.1, -0.05) is 0 Å². The number of H-pyrrole nitrogens is 1. The zero-order valence-corrected chi connectivity index (χ0v) is 15.9. The molecule has 1 aliphatic heterocycles. The molecule has 1 atom stereocenters. The predicted octanol–water partition coefficient (Wildman–Crippen LogP) is 2.54. The summed E-state index contributed by atoms with van der Waals surface area (Å²) in [6.45, 7) is 3.05. The molecule has 0 spiro atoms. The first-order chi connectivity index (χ1) is 12.6. The zero-order valence-electron chi connectivity index (χ0n) is 15.1. The van der Waals surface area contributed by atoms with Gasteiger partial charge in [-0.3, -0.25) is 14.7 Å². The fraction of sp³-hybridized carbons (Fsp3) is 0.421. The third kappa shape index (κ3) is 4.27. The molecule has 7 heteroatoms. The fourth-order valence-electron chi connectivity index (χ4n) is 3.16. The van der Waals surface area contributed by atoms with E-state index in [0.717, 1.165) is 29.1 Å². The number of carbonyl (C=O) groups excluding carboxylic acids is 2. The number of benzene rings is 1. The highest BCUT2D eigenvalue weighted by Gasteiger charge is 2.34. The summed E-state index contributed by atoms with van der Waals surface area (Å²) in [7, 11) is 0. The lowest BCUT2D eigenvalue weighted by Crippen LogP contribution is -2.33. The molecular formula is C19H24N4O2S. The predicted molar refractivity (Wildman–Crippen MR) is 103 cm³/mol. The number of nitrogens with zero attached hydrogens (tertiary/aromatic N) is 2. The van der Waals surface area contributed by atoms with E-state index in [1.807, 2.05) is 43.6 Å². The van der Waals surface area contributed by atoms with Gasteiger partial charge in [0.15, 0.2) is 0 Å². The number of amides is 2. The second-order valence-electron chi connectivity index (χ2n) is 6.52. The van der Waals surface area contributed by atoms with Gasteiger partial charge in [0.1, 0.15) is 0 Å². The molecule has 1 fully saturated rings. The molecular weight excluding hydrogens is 348 g/mol. The standard InChI is InChI=1S/C19H24N4O2S/c1-13-14(11-21-22-13)4-3-9-20-19(25)15-10-18(24)23(12-15)16-5-7-17(26-2)8-6-16/h5-8,11,15H,3-4,9-10,12H2,1-2H3,(H,20,25)(H,21,22). The topological polar surface area (TPSA) is 78.1 Å². The Hall–Kier alpha value is -2.28. The molecule has 1 aliphatic rings. The smallest absolute Gasteiger partial charge is 0.227 e. The minimum absolute atomic E-state index is 0.0103. The maximum absolute atomic E-state index is 12.4. The molecule has 138 valence electrons. The van der Waals surface area contributed by atoms with Crippen LogP contribution < -0.4 is 10.2 Å². The second kappa shape index (κ2) is 8.40. The summed E-state index contributed by atoms with van der Waals surface area (Å²) in [5.74, 6) is -0.306. The molecule has 3 rings (SSSR count). The summed E-state index contributed by atoms with van der Waals surface area (Å²) >= 11 is 1.66. The molecule has 26 heavy (non-hydrogen) atoms. The summed E-state index contributed by atoms with van der Waals surface area (Å²) in [6.07, 6.45) is 5.85. The minimum Gasteiger partial charge on any atom is -0.356 e. The van der Waals surface area contributed by atoms with E-state index in [1.165, 1.54) is 5.56 Å². The molecule has 0 aliphatic carbocycles. The number of aromatic nitrogens is 2. The number of nitrogens with one attached hydrogen (secondary N) is 2. The Kier molecular flexibility index (Phi) is 5.98. The SMILES string of the molecule is CSc1ccc(N2CC(C(=O)NCCCc3cn[nH]c3C)CC2=O)cc1. The van der Waals surface area contributed by atoms with Crippen molar-refractivity contribution in [1.82, 2.24) is 15.5 Å². The maximum Gasteiger partial charge on any atom is 0.227 e. The molecule has 2 aromatic rings. The summed E-state index contributed by atoms with van der Waals surface area (Å²) in [4.78, 5) is 27.5. The Morgan fingerprint density at radius 2 is 2.15 bits per heavy atom. The molecule has 1 unspecified atom stereocenters. The van der Waals surface area contributed by atoms with Gasteiger partial charge in [0, 0.05) is 35.8 Å². The first kappa shape index (κ1) is 18.5. The first-order valence-corrected chi connectivity index (χ1v) is 10.0. The van der Waals surface area contributed by atoms with Crippen LogP contribution in [0.2, 0.25) is 0 Å². The third-order valence-electron chi connectivity index (χ3n) is 4.74. The molecule has 6 nitrogen and oxygen atoms in total. The highest BCUT2D eigenvalue weighted by Crippen LogP contribution is 2.27. The van der Waals surface area contributed by atoms with Crippen LogP contribution in [-0.2, 0) is 16.0 Å². The number of thioether (sulfide) groups is 1. The van der Waals surface area contributed by atoms with Crippen molar-refractivity contribution >= 4 is 29.3 Å². The van der Waals surface area contributed by atoms with Crippen LogP contribution in [0, 0.1) is 12.8 Å².